The minimum Gasteiger partial charge on any atom is -0.310 e. The number of fused-ring (bicyclic) bond motifs is 1. The largest absolute Gasteiger partial charge is 0.310 e. The molecule has 0 atom stereocenters. The molecule has 0 N–H and O–H groups in total. The number of nitrogens with zero attached hydrogens (tertiary/aromatic N) is 2. The molecule has 0 fully saturated rings. The molecule has 0 saturated heterocycles. The Morgan fingerprint density at radius 1 is 0.214 bits per heavy atom. The van der Waals surface area contributed by atoms with Crippen LogP contribution in [0.1, 0.15) is 55.6 Å². The molecule has 0 heterocycles. The average molecular weight is 899 g/mol. The third kappa shape index (κ3) is 10.9. The summed E-state index contributed by atoms with van der Waals surface area (Å²) in [6, 6.07) is 87.1. The van der Waals surface area contributed by atoms with E-state index in [4.69, 9.17) is 0 Å². The second-order valence-corrected chi connectivity index (χ2v) is 17.7. The summed E-state index contributed by atoms with van der Waals surface area (Å²) >= 11 is 0. The monoisotopic (exact) mass is 898 g/mol. The molecule has 10 rings (SSSR count). The summed E-state index contributed by atoms with van der Waals surface area (Å²) in [7, 11) is 0. The molecule has 0 aliphatic rings. The lowest BCUT2D eigenvalue weighted by molar-refractivity contribution is 1.27. The topological polar surface area (TPSA) is 6.48 Å². The first-order valence-corrected chi connectivity index (χ1v) is 24.0. The molecule has 2 heteroatoms. The molecule has 0 aliphatic carbocycles. The summed E-state index contributed by atoms with van der Waals surface area (Å²) < 4.78 is 0. The maximum absolute atomic E-state index is 2.39. The van der Waals surface area contributed by atoms with Gasteiger partial charge < -0.3 is 9.80 Å². The molecular formula is C68H54N2. The molecule has 0 radical (unpaired) electrons. The molecule has 10 aromatic rings. The first kappa shape index (κ1) is 44.8. The number of rotatable bonds is 14. The Kier molecular flexibility index (Phi) is 13.7. The van der Waals surface area contributed by atoms with Crippen molar-refractivity contribution in [1.82, 2.24) is 0 Å². The molecule has 0 saturated carbocycles. The van der Waals surface area contributed by atoms with Crippen molar-refractivity contribution in [3.8, 4) is 0 Å². The van der Waals surface area contributed by atoms with Gasteiger partial charge in [-0.2, -0.15) is 0 Å². The molecular weight excluding hydrogens is 845 g/mol. The number of hydrogen-bond acceptors (Lipinski definition) is 2. The van der Waals surface area contributed by atoms with Crippen LogP contribution < -0.4 is 9.80 Å². The van der Waals surface area contributed by atoms with E-state index in [-0.39, 0.29) is 0 Å². The van der Waals surface area contributed by atoms with Gasteiger partial charge in [-0.15, -0.1) is 0 Å². The predicted molar refractivity (Wildman–Crippen MR) is 304 cm³/mol. The zero-order chi connectivity index (χ0) is 47.5. The lowest BCUT2D eigenvalue weighted by Gasteiger charge is -2.31. The van der Waals surface area contributed by atoms with Crippen LogP contribution in [-0.2, 0) is 0 Å². The Labute approximate surface area is 413 Å². The highest BCUT2D eigenvalue weighted by atomic mass is 15.2. The van der Waals surface area contributed by atoms with Crippen molar-refractivity contribution in [1.29, 1.82) is 0 Å². The Hall–Kier alpha value is -8.98. The van der Waals surface area contributed by atoms with E-state index >= 15 is 0 Å². The van der Waals surface area contributed by atoms with Gasteiger partial charge in [-0.1, -0.05) is 242 Å². The zero-order valence-corrected chi connectivity index (χ0v) is 39.6. The van der Waals surface area contributed by atoms with Crippen LogP contribution in [0.4, 0.5) is 34.1 Å². The molecule has 0 unspecified atom stereocenters. The fourth-order valence-corrected chi connectivity index (χ4v) is 8.70. The fourth-order valence-electron chi connectivity index (χ4n) is 8.70. The highest BCUT2D eigenvalue weighted by molar-refractivity contribution is 6.07. The molecule has 0 aliphatic heterocycles. The van der Waals surface area contributed by atoms with Crippen LogP contribution in [0.25, 0.3) is 59.4 Å². The molecule has 0 spiro atoms. The van der Waals surface area contributed by atoms with Crippen LogP contribution in [0.5, 0.6) is 0 Å². The molecule has 0 amide bonds. The van der Waals surface area contributed by atoms with E-state index in [0.29, 0.717) is 0 Å². The van der Waals surface area contributed by atoms with E-state index in [0.717, 1.165) is 67.2 Å². The third-order valence-corrected chi connectivity index (χ3v) is 12.6. The smallest absolute Gasteiger partial charge is 0.0541 e. The van der Waals surface area contributed by atoms with Crippen LogP contribution in [-0.4, -0.2) is 0 Å². The summed E-state index contributed by atoms with van der Waals surface area (Å²) in [6.45, 7) is 4.24. The van der Waals surface area contributed by atoms with Gasteiger partial charge in [-0.25, -0.2) is 0 Å². The van der Waals surface area contributed by atoms with Gasteiger partial charge in [0.05, 0.1) is 11.4 Å². The lowest BCUT2D eigenvalue weighted by Crippen LogP contribution is -2.13. The highest BCUT2D eigenvalue weighted by Gasteiger charge is 2.21. The molecule has 70 heavy (non-hydrogen) atoms. The highest BCUT2D eigenvalue weighted by Crippen LogP contribution is 2.45. The van der Waals surface area contributed by atoms with E-state index in [9.17, 15) is 0 Å². The minimum atomic E-state index is 1.07. The Bertz CT molecular complexity index is 3180. The van der Waals surface area contributed by atoms with Crippen molar-refractivity contribution in [2.24, 2.45) is 0 Å². The van der Waals surface area contributed by atoms with Crippen LogP contribution in [0.15, 0.2) is 243 Å². The van der Waals surface area contributed by atoms with Gasteiger partial charge in [-0.3, -0.25) is 0 Å². The second kappa shape index (κ2) is 21.3. The zero-order valence-electron chi connectivity index (χ0n) is 39.6. The van der Waals surface area contributed by atoms with Gasteiger partial charge in [0.1, 0.15) is 0 Å². The van der Waals surface area contributed by atoms with Gasteiger partial charge in [-0.05, 0) is 119 Å². The molecule has 10 aromatic carbocycles. The van der Waals surface area contributed by atoms with Crippen LogP contribution in [0, 0.1) is 13.8 Å². The van der Waals surface area contributed by atoms with E-state index < -0.39 is 0 Å². The minimum absolute atomic E-state index is 1.07. The van der Waals surface area contributed by atoms with Crippen LogP contribution in [0.3, 0.4) is 0 Å². The SMILES string of the molecule is Cc1ccc(/C=C/c2ccc(N(c3ccc(/C=C/c4ccccc4)cc3)c3ccc(N(c4ccc(/C=C/c5ccccc5)cc4)c4ccc(/C=C/c5ccc(C)cc5)cc4)c4ccccc34)cc2)cc1. The summed E-state index contributed by atoms with van der Waals surface area (Å²) in [5.74, 6) is 0. The quantitative estimate of drug-likeness (QED) is 0.100. The second-order valence-electron chi connectivity index (χ2n) is 17.7. The maximum atomic E-state index is 2.39. The summed E-state index contributed by atoms with van der Waals surface area (Å²) in [6.07, 6.45) is 17.4. The van der Waals surface area contributed by atoms with Crippen molar-refractivity contribution >= 4 is 93.5 Å². The van der Waals surface area contributed by atoms with Crippen molar-refractivity contribution in [2.75, 3.05) is 9.80 Å². The number of aryl methyl sites for hydroxylation is 2. The van der Waals surface area contributed by atoms with E-state index in [1.165, 1.54) is 33.4 Å². The van der Waals surface area contributed by atoms with Crippen molar-refractivity contribution < 1.29 is 0 Å². The van der Waals surface area contributed by atoms with Crippen LogP contribution >= 0.6 is 0 Å². The lowest BCUT2D eigenvalue weighted by atomic mass is 10.0. The third-order valence-electron chi connectivity index (χ3n) is 12.6. The van der Waals surface area contributed by atoms with E-state index in [1.807, 2.05) is 12.1 Å². The van der Waals surface area contributed by atoms with Gasteiger partial charge in [0.15, 0.2) is 0 Å². The van der Waals surface area contributed by atoms with Gasteiger partial charge in [0, 0.05) is 33.5 Å². The van der Waals surface area contributed by atoms with E-state index in [2.05, 4.69) is 303 Å². The Morgan fingerprint density at radius 2 is 0.429 bits per heavy atom. The van der Waals surface area contributed by atoms with Crippen molar-refractivity contribution in [3.05, 3.63) is 298 Å². The summed E-state index contributed by atoms with van der Waals surface area (Å²) in [4.78, 5) is 4.77. The van der Waals surface area contributed by atoms with E-state index in [1.54, 1.807) is 0 Å². The maximum Gasteiger partial charge on any atom is 0.0541 e. The first-order valence-electron chi connectivity index (χ1n) is 24.0. The predicted octanol–water partition coefficient (Wildman–Crippen LogP) is 19.1. The fraction of sp³-hybridized carbons (Fsp3) is 0.0294. The number of hydrogen-bond donors (Lipinski definition) is 0. The van der Waals surface area contributed by atoms with Crippen molar-refractivity contribution in [2.45, 2.75) is 13.8 Å². The summed E-state index contributed by atoms with van der Waals surface area (Å²) in [5, 5.41) is 2.28. The summed E-state index contributed by atoms with van der Waals surface area (Å²) in [5.41, 5.74) is 18.2. The normalized spacial score (nSPS) is 11.6. The average Bonchev–Trinajstić information content (AvgIpc) is 3.42. The molecule has 336 valence electrons. The molecule has 2 nitrogen and oxygen atoms in total. The Morgan fingerprint density at radius 3 is 0.686 bits per heavy atom. The van der Waals surface area contributed by atoms with Gasteiger partial charge in [0.2, 0.25) is 0 Å². The molecule has 0 aromatic heterocycles. The van der Waals surface area contributed by atoms with Crippen molar-refractivity contribution in [3.63, 3.8) is 0 Å². The molecule has 0 bridgehead atoms. The van der Waals surface area contributed by atoms with Crippen LogP contribution in [0.2, 0.25) is 0 Å². The van der Waals surface area contributed by atoms with Gasteiger partial charge in [0.25, 0.3) is 0 Å². The first-order chi connectivity index (χ1) is 34.5. The number of anilines is 6. The standard InChI is InChI=1S/C68H54N2/c1-51-17-21-55(22-18-51)29-31-59-37-45-63(46-38-59)69(61-41-33-57(34-42-61)27-25-53-11-5-3-6-12-53)67-49-50-68(66-16-10-9-15-65(66)67)70(62-43-35-58(36-44-62)28-26-54-13-7-4-8-14-54)64-47-39-60(40-48-64)32-30-56-23-19-52(2)20-24-56/h3-50H,1-2H3/b27-25+,28-26+,31-29+,32-30+. The number of benzene rings is 10. The van der Waals surface area contributed by atoms with Gasteiger partial charge >= 0.3 is 0 Å². The Balaban J connectivity index is 1.05.